The third-order valence-corrected chi connectivity index (χ3v) is 9.20. The first-order chi connectivity index (χ1) is 25.6. The highest BCUT2D eigenvalue weighted by molar-refractivity contribution is 6.08. The van der Waals surface area contributed by atoms with Gasteiger partial charge in [0.05, 0.1) is 17.1 Å². The third kappa shape index (κ3) is 7.40. The number of rotatable bonds is 4. The number of aryl methyl sites for hydroxylation is 1. The molecule has 0 saturated carbocycles. The van der Waals surface area contributed by atoms with Gasteiger partial charge < -0.3 is 9.88 Å². The van der Waals surface area contributed by atoms with E-state index in [1.54, 1.807) is 0 Å². The molecule has 252 valence electrons. The minimum Gasteiger partial charge on any atom is -0.355 e. The van der Waals surface area contributed by atoms with E-state index < -0.39 is 0 Å². The second-order valence-electron chi connectivity index (χ2n) is 12.6. The van der Waals surface area contributed by atoms with Crippen LogP contribution in [0.3, 0.4) is 0 Å². The molecule has 0 atom stereocenters. The normalized spacial score (nSPS) is 11.7. The van der Waals surface area contributed by atoms with Gasteiger partial charge in [0.15, 0.2) is 0 Å². The van der Waals surface area contributed by atoms with Crippen LogP contribution >= 0.6 is 0 Å². The number of benzene rings is 7. The molecule has 1 aliphatic heterocycles. The van der Waals surface area contributed by atoms with E-state index in [4.69, 9.17) is 0 Å². The number of para-hydroxylation sites is 3. The highest BCUT2D eigenvalue weighted by Crippen LogP contribution is 2.43. The zero-order valence-corrected chi connectivity index (χ0v) is 29.6. The second kappa shape index (κ2) is 15.9. The predicted molar refractivity (Wildman–Crippen MR) is 226 cm³/mol. The summed E-state index contributed by atoms with van der Waals surface area (Å²) in [6.07, 6.45) is 6.41. The van der Waals surface area contributed by atoms with E-state index in [1.165, 1.54) is 61.0 Å². The maximum absolute atomic E-state index is 3.89. The molecule has 1 aliphatic rings. The number of nitrogens with one attached hydrogen (secondary N) is 1. The van der Waals surface area contributed by atoms with Crippen molar-refractivity contribution in [1.82, 2.24) is 4.98 Å². The summed E-state index contributed by atoms with van der Waals surface area (Å²) in [4.78, 5) is 9.78. The molecule has 1 N–H and O–H groups in total. The molecule has 1 aromatic heterocycles. The smallest absolute Gasteiger partial charge is 0.0652 e. The van der Waals surface area contributed by atoms with E-state index in [0.717, 1.165) is 16.9 Å². The Morgan fingerprint density at radius 1 is 0.558 bits per heavy atom. The molecule has 8 aromatic rings. The van der Waals surface area contributed by atoms with Crippen molar-refractivity contribution in [2.75, 3.05) is 4.90 Å². The number of hydrogen-bond acceptors (Lipinski definition) is 2. The summed E-state index contributed by atoms with van der Waals surface area (Å²) in [6, 6.07) is 61.5. The molecule has 0 radical (unpaired) electrons. The molecule has 0 saturated heterocycles. The summed E-state index contributed by atoms with van der Waals surface area (Å²) < 4.78 is 0. The first kappa shape index (κ1) is 33.8. The Bertz CT molecular complexity index is 2490. The Morgan fingerprint density at radius 3 is 1.85 bits per heavy atom. The Labute approximate surface area is 306 Å². The lowest BCUT2D eigenvalue weighted by molar-refractivity contribution is 1.28. The van der Waals surface area contributed by atoms with Gasteiger partial charge in [0, 0.05) is 27.5 Å². The van der Waals surface area contributed by atoms with E-state index in [1.807, 2.05) is 61.5 Å². The predicted octanol–water partition coefficient (Wildman–Crippen LogP) is 13.7. The Hall–Kier alpha value is -6.71. The van der Waals surface area contributed by atoms with Gasteiger partial charge in [0.2, 0.25) is 0 Å². The number of allylic oxidation sites excluding steroid dienone is 1. The summed E-state index contributed by atoms with van der Waals surface area (Å²) >= 11 is 0. The summed E-state index contributed by atoms with van der Waals surface area (Å²) in [5, 5.41) is 2.52. The Balaban J connectivity index is 0.000000192. The number of aliphatic imine (C=N–C) groups is 1. The molecule has 0 aliphatic carbocycles. The van der Waals surface area contributed by atoms with Crippen LogP contribution in [0.5, 0.6) is 0 Å². The number of nitrogens with zero attached hydrogens (tertiary/aromatic N) is 2. The SMILES string of the molecule is C1=Cc2cc(-c3ccc4[nH]c5ccccc5c4c3)ccc2N(c2ccccc2)c2ccccc21.C=N/C(=C\C)c1ccccc1.Cc1ccccc1. The molecule has 0 amide bonds. The van der Waals surface area contributed by atoms with Gasteiger partial charge in [-0.05, 0) is 96.9 Å². The van der Waals surface area contributed by atoms with Gasteiger partial charge in [-0.3, -0.25) is 4.99 Å². The molecular formula is C49H41N3. The Kier molecular flexibility index (Phi) is 10.3. The van der Waals surface area contributed by atoms with Crippen molar-refractivity contribution in [2.45, 2.75) is 13.8 Å². The van der Waals surface area contributed by atoms with Gasteiger partial charge >= 0.3 is 0 Å². The van der Waals surface area contributed by atoms with E-state index >= 15 is 0 Å². The molecule has 52 heavy (non-hydrogen) atoms. The number of H-pyrrole nitrogens is 1. The lowest BCUT2D eigenvalue weighted by Crippen LogP contribution is -2.11. The maximum atomic E-state index is 3.89. The van der Waals surface area contributed by atoms with Crippen molar-refractivity contribution >= 4 is 63.4 Å². The lowest BCUT2D eigenvalue weighted by atomic mass is 9.99. The number of hydrogen-bond donors (Lipinski definition) is 1. The number of fused-ring (bicyclic) bond motifs is 5. The highest BCUT2D eigenvalue weighted by atomic mass is 15.1. The fraction of sp³-hybridized carbons (Fsp3) is 0.0408. The second-order valence-corrected chi connectivity index (χ2v) is 12.6. The minimum absolute atomic E-state index is 0.936. The fourth-order valence-electron chi connectivity index (χ4n) is 6.59. The van der Waals surface area contributed by atoms with Crippen molar-refractivity contribution in [1.29, 1.82) is 0 Å². The van der Waals surface area contributed by atoms with Crippen LogP contribution in [0.2, 0.25) is 0 Å². The molecule has 0 spiro atoms. The average Bonchev–Trinajstić information content (AvgIpc) is 3.49. The van der Waals surface area contributed by atoms with Crippen LogP contribution in [0.15, 0.2) is 187 Å². The molecule has 3 nitrogen and oxygen atoms in total. The molecule has 0 unspecified atom stereocenters. The Morgan fingerprint density at radius 2 is 1.13 bits per heavy atom. The average molecular weight is 672 g/mol. The summed E-state index contributed by atoms with van der Waals surface area (Å²) in [5.41, 5.74) is 14.1. The van der Waals surface area contributed by atoms with Gasteiger partial charge in [0.1, 0.15) is 0 Å². The topological polar surface area (TPSA) is 31.4 Å². The van der Waals surface area contributed by atoms with Gasteiger partial charge in [0.25, 0.3) is 0 Å². The highest BCUT2D eigenvalue weighted by Gasteiger charge is 2.20. The quantitative estimate of drug-likeness (QED) is 0.186. The van der Waals surface area contributed by atoms with Gasteiger partial charge in [-0.1, -0.05) is 151 Å². The number of anilines is 3. The van der Waals surface area contributed by atoms with E-state index in [0.29, 0.717) is 0 Å². The molecule has 0 fully saturated rings. The first-order valence-corrected chi connectivity index (χ1v) is 17.6. The number of aromatic nitrogens is 1. The molecule has 7 aromatic carbocycles. The molecule has 3 heteroatoms. The summed E-state index contributed by atoms with van der Waals surface area (Å²) in [6.45, 7) is 7.53. The van der Waals surface area contributed by atoms with Gasteiger partial charge in [-0.25, -0.2) is 0 Å². The maximum Gasteiger partial charge on any atom is 0.0652 e. The summed E-state index contributed by atoms with van der Waals surface area (Å²) in [5.74, 6) is 0. The van der Waals surface area contributed by atoms with Crippen LogP contribution in [0.25, 0.3) is 50.8 Å². The lowest BCUT2D eigenvalue weighted by Gasteiger charge is -2.27. The fourth-order valence-corrected chi connectivity index (χ4v) is 6.59. The van der Waals surface area contributed by atoms with Crippen molar-refractivity contribution in [2.24, 2.45) is 4.99 Å². The van der Waals surface area contributed by atoms with Crippen LogP contribution in [-0.2, 0) is 0 Å². The van der Waals surface area contributed by atoms with Gasteiger partial charge in [-0.15, -0.1) is 0 Å². The van der Waals surface area contributed by atoms with Crippen molar-refractivity contribution in [3.05, 3.63) is 204 Å². The van der Waals surface area contributed by atoms with Crippen LogP contribution in [0.4, 0.5) is 17.1 Å². The molecule has 0 bridgehead atoms. The standard InChI is InChI=1S/C32H22N2.C10H11N.C7H8/c1-2-9-26(10-3-1)34-31-13-7-4-8-22(31)14-15-25-20-23(17-19-32(25)34)24-16-18-30-28(21-24)27-11-5-6-12-29(27)33-30;1-3-10(11-2)9-7-5-4-6-8-9;1-7-5-3-2-4-6-7/h1-21,33H;3-8H,2H2,1H3;2-6H,1H3/b;10-3-;. The van der Waals surface area contributed by atoms with Crippen molar-refractivity contribution in [3.8, 4) is 11.1 Å². The minimum atomic E-state index is 0.936. The van der Waals surface area contributed by atoms with Crippen molar-refractivity contribution in [3.63, 3.8) is 0 Å². The van der Waals surface area contributed by atoms with Crippen LogP contribution < -0.4 is 4.90 Å². The first-order valence-electron chi connectivity index (χ1n) is 17.6. The third-order valence-electron chi connectivity index (χ3n) is 9.20. The van der Waals surface area contributed by atoms with Crippen LogP contribution in [-0.4, -0.2) is 11.7 Å². The van der Waals surface area contributed by atoms with Gasteiger partial charge in [-0.2, -0.15) is 0 Å². The van der Waals surface area contributed by atoms with E-state index in [2.05, 4.69) is 168 Å². The van der Waals surface area contributed by atoms with E-state index in [9.17, 15) is 0 Å². The monoisotopic (exact) mass is 671 g/mol. The van der Waals surface area contributed by atoms with E-state index in [-0.39, 0.29) is 0 Å². The zero-order valence-electron chi connectivity index (χ0n) is 29.6. The summed E-state index contributed by atoms with van der Waals surface area (Å²) in [7, 11) is 0. The zero-order chi connectivity index (χ0) is 35.7. The molecule has 9 rings (SSSR count). The number of aromatic amines is 1. The largest absolute Gasteiger partial charge is 0.355 e. The van der Waals surface area contributed by atoms with Crippen LogP contribution in [0.1, 0.15) is 29.2 Å². The molecule has 2 heterocycles. The molecular weight excluding hydrogens is 631 g/mol. The van der Waals surface area contributed by atoms with Crippen LogP contribution in [0, 0.1) is 6.92 Å². The van der Waals surface area contributed by atoms with Crippen molar-refractivity contribution < 1.29 is 0 Å².